The van der Waals surface area contributed by atoms with Gasteiger partial charge in [0.1, 0.15) is 0 Å². The number of hydrogen-bond donors (Lipinski definition) is 1. The lowest BCUT2D eigenvalue weighted by Gasteiger charge is -2.34. The van der Waals surface area contributed by atoms with Crippen molar-refractivity contribution < 1.29 is 14.7 Å². The van der Waals surface area contributed by atoms with E-state index in [4.69, 9.17) is 5.11 Å². The number of carbonyl (C=O) groups excluding carboxylic acids is 1. The van der Waals surface area contributed by atoms with E-state index in [-0.39, 0.29) is 18.4 Å². The molecule has 108 valence electrons. The Bertz CT molecular complexity index is 331. The summed E-state index contributed by atoms with van der Waals surface area (Å²) >= 11 is 0. The SMILES string of the molecule is C=CCCCN(C)C(=O)N1CCCC(CC(=O)O)C1. The second-order valence-corrected chi connectivity index (χ2v) is 5.19. The zero-order valence-corrected chi connectivity index (χ0v) is 11.7. The Morgan fingerprint density at radius 3 is 2.89 bits per heavy atom. The van der Waals surface area contributed by atoms with Gasteiger partial charge >= 0.3 is 12.0 Å². The van der Waals surface area contributed by atoms with E-state index < -0.39 is 5.97 Å². The molecule has 0 aromatic heterocycles. The van der Waals surface area contributed by atoms with Gasteiger partial charge in [0.2, 0.25) is 0 Å². The van der Waals surface area contributed by atoms with Gasteiger partial charge in [-0.05, 0) is 31.6 Å². The fraction of sp³-hybridized carbons (Fsp3) is 0.714. The van der Waals surface area contributed by atoms with Crippen molar-refractivity contribution in [1.82, 2.24) is 9.80 Å². The van der Waals surface area contributed by atoms with Crippen molar-refractivity contribution >= 4 is 12.0 Å². The molecule has 0 aromatic rings. The van der Waals surface area contributed by atoms with E-state index in [0.717, 1.165) is 32.2 Å². The van der Waals surface area contributed by atoms with Gasteiger partial charge in [-0.2, -0.15) is 0 Å². The van der Waals surface area contributed by atoms with Gasteiger partial charge in [0.15, 0.2) is 0 Å². The van der Waals surface area contributed by atoms with Crippen molar-refractivity contribution in [2.24, 2.45) is 5.92 Å². The van der Waals surface area contributed by atoms with Crippen molar-refractivity contribution in [2.75, 3.05) is 26.7 Å². The number of nitrogens with zero attached hydrogens (tertiary/aromatic N) is 2. The number of likely N-dealkylation sites (tertiary alicyclic amines) is 1. The molecular weight excluding hydrogens is 244 g/mol. The van der Waals surface area contributed by atoms with Crippen molar-refractivity contribution in [3.63, 3.8) is 0 Å². The summed E-state index contributed by atoms with van der Waals surface area (Å²) in [6.07, 6.45) is 5.61. The number of carboxylic acids is 1. The van der Waals surface area contributed by atoms with Crippen LogP contribution in [0.2, 0.25) is 0 Å². The molecule has 0 aromatic carbocycles. The molecular formula is C14H24N2O3. The summed E-state index contributed by atoms with van der Waals surface area (Å²) in [7, 11) is 1.80. The maximum absolute atomic E-state index is 12.2. The van der Waals surface area contributed by atoms with Crippen LogP contribution in [-0.4, -0.2) is 53.6 Å². The quantitative estimate of drug-likeness (QED) is 0.593. The molecule has 1 atom stereocenters. The summed E-state index contributed by atoms with van der Waals surface area (Å²) in [5.41, 5.74) is 0. The number of carboxylic acid groups (broad SMARTS) is 1. The number of allylic oxidation sites excluding steroid dienone is 1. The third-order valence-electron chi connectivity index (χ3n) is 3.48. The minimum absolute atomic E-state index is 0.0131. The average molecular weight is 268 g/mol. The van der Waals surface area contributed by atoms with Gasteiger partial charge in [-0.15, -0.1) is 6.58 Å². The molecule has 1 saturated heterocycles. The van der Waals surface area contributed by atoms with Crippen molar-refractivity contribution in [3.05, 3.63) is 12.7 Å². The van der Waals surface area contributed by atoms with Crippen LogP contribution in [0, 0.1) is 5.92 Å². The maximum atomic E-state index is 12.2. The molecule has 1 N–H and O–H groups in total. The van der Waals surface area contributed by atoms with Crippen LogP contribution < -0.4 is 0 Å². The van der Waals surface area contributed by atoms with Gasteiger partial charge in [0, 0.05) is 33.1 Å². The van der Waals surface area contributed by atoms with Gasteiger partial charge in [-0.1, -0.05) is 6.08 Å². The maximum Gasteiger partial charge on any atom is 0.319 e. The first kappa shape index (κ1) is 15.5. The first-order valence-electron chi connectivity index (χ1n) is 6.87. The molecule has 5 heteroatoms. The lowest BCUT2D eigenvalue weighted by Crippen LogP contribution is -2.46. The largest absolute Gasteiger partial charge is 0.481 e. The number of unbranched alkanes of at least 4 members (excludes halogenated alkanes) is 1. The Morgan fingerprint density at radius 1 is 1.53 bits per heavy atom. The molecule has 1 heterocycles. The zero-order chi connectivity index (χ0) is 14.3. The fourth-order valence-corrected chi connectivity index (χ4v) is 2.46. The molecule has 19 heavy (non-hydrogen) atoms. The molecule has 2 amide bonds. The Morgan fingerprint density at radius 2 is 2.26 bits per heavy atom. The lowest BCUT2D eigenvalue weighted by atomic mass is 9.95. The summed E-state index contributed by atoms with van der Waals surface area (Å²) in [6, 6.07) is 0.0131. The van der Waals surface area contributed by atoms with Gasteiger partial charge in [-0.3, -0.25) is 4.79 Å². The molecule has 1 rings (SSSR count). The predicted molar refractivity (Wildman–Crippen MR) is 74.0 cm³/mol. The molecule has 0 saturated carbocycles. The van der Waals surface area contributed by atoms with Crippen LogP contribution in [0.3, 0.4) is 0 Å². The van der Waals surface area contributed by atoms with Crippen molar-refractivity contribution in [1.29, 1.82) is 0 Å². The molecule has 1 aliphatic heterocycles. The summed E-state index contributed by atoms with van der Waals surface area (Å²) in [6.45, 7) is 5.68. The lowest BCUT2D eigenvalue weighted by molar-refractivity contribution is -0.138. The predicted octanol–water partition coefficient (Wildman–Crippen LogP) is 2.19. The zero-order valence-electron chi connectivity index (χ0n) is 11.7. The van der Waals surface area contributed by atoms with E-state index in [9.17, 15) is 9.59 Å². The van der Waals surface area contributed by atoms with E-state index in [0.29, 0.717) is 13.1 Å². The molecule has 0 aliphatic carbocycles. The van der Waals surface area contributed by atoms with E-state index >= 15 is 0 Å². The topological polar surface area (TPSA) is 60.9 Å². The number of urea groups is 1. The standard InChI is InChI=1S/C14H24N2O3/c1-3-4-5-8-15(2)14(19)16-9-6-7-12(11-16)10-13(17)18/h3,12H,1,4-11H2,2H3,(H,17,18). The van der Waals surface area contributed by atoms with E-state index in [1.165, 1.54) is 0 Å². The van der Waals surface area contributed by atoms with E-state index in [1.807, 2.05) is 6.08 Å². The van der Waals surface area contributed by atoms with Crippen molar-refractivity contribution in [3.8, 4) is 0 Å². The summed E-state index contributed by atoms with van der Waals surface area (Å²) in [5, 5.41) is 8.82. The van der Waals surface area contributed by atoms with Gasteiger partial charge < -0.3 is 14.9 Å². The molecule has 0 spiro atoms. The minimum Gasteiger partial charge on any atom is -0.481 e. The summed E-state index contributed by atoms with van der Waals surface area (Å²) in [5.74, 6) is -0.685. The van der Waals surface area contributed by atoms with Crippen LogP contribution in [0.4, 0.5) is 4.79 Å². The Hall–Kier alpha value is -1.52. The molecule has 0 radical (unpaired) electrons. The normalized spacial score (nSPS) is 19.0. The Balaban J connectivity index is 2.42. The Labute approximate surface area is 114 Å². The number of aliphatic carboxylic acids is 1. The van der Waals surface area contributed by atoms with Crippen LogP contribution in [0.5, 0.6) is 0 Å². The van der Waals surface area contributed by atoms with Crippen molar-refractivity contribution in [2.45, 2.75) is 32.1 Å². The molecule has 5 nitrogen and oxygen atoms in total. The second kappa shape index (κ2) is 7.81. The fourth-order valence-electron chi connectivity index (χ4n) is 2.46. The molecule has 0 bridgehead atoms. The Kier molecular flexibility index (Phi) is 6.39. The van der Waals surface area contributed by atoms with E-state index in [1.54, 1.807) is 16.8 Å². The highest BCUT2D eigenvalue weighted by Gasteiger charge is 2.26. The highest BCUT2D eigenvalue weighted by atomic mass is 16.4. The van der Waals surface area contributed by atoms with Crippen LogP contribution in [0.1, 0.15) is 32.1 Å². The molecule has 1 fully saturated rings. The third kappa shape index (κ3) is 5.32. The number of carbonyl (C=O) groups is 2. The number of hydrogen-bond acceptors (Lipinski definition) is 2. The van der Waals surface area contributed by atoms with Crippen LogP contribution in [0.15, 0.2) is 12.7 Å². The number of rotatable bonds is 6. The molecule has 1 aliphatic rings. The van der Waals surface area contributed by atoms with Gasteiger partial charge in [0.25, 0.3) is 0 Å². The smallest absolute Gasteiger partial charge is 0.319 e. The number of piperidine rings is 1. The van der Waals surface area contributed by atoms with Gasteiger partial charge in [-0.25, -0.2) is 4.79 Å². The van der Waals surface area contributed by atoms with Crippen LogP contribution in [-0.2, 0) is 4.79 Å². The summed E-state index contributed by atoms with van der Waals surface area (Å²) in [4.78, 5) is 26.4. The second-order valence-electron chi connectivity index (χ2n) is 5.19. The molecule has 1 unspecified atom stereocenters. The van der Waals surface area contributed by atoms with Crippen LogP contribution in [0.25, 0.3) is 0 Å². The average Bonchev–Trinajstić information content (AvgIpc) is 2.37. The van der Waals surface area contributed by atoms with Gasteiger partial charge in [0.05, 0.1) is 0 Å². The first-order valence-corrected chi connectivity index (χ1v) is 6.87. The highest BCUT2D eigenvalue weighted by Crippen LogP contribution is 2.20. The van der Waals surface area contributed by atoms with E-state index in [2.05, 4.69) is 6.58 Å². The third-order valence-corrected chi connectivity index (χ3v) is 3.48. The first-order chi connectivity index (χ1) is 9.04. The summed E-state index contributed by atoms with van der Waals surface area (Å²) < 4.78 is 0. The number of amides is 2. The van der Waals surface area contributed by atoms with Crippen LogP contribution >= 0.6 is 0 Å². The monoisotopic (exact) mass is 268 g/mol. The minimum atomic E-state index is -0.779. The highest BCUT2D eigenvalue weighted by molar-refractivity contribution is 5.74.